The van der Waals surface area contributed by atoms with Crippen molar-refractivity contribution in [2.75, 3.05) is 144 Å². The van der Waals surface area contributed by atoms with Gasteiger partial charge in [-0.15, -0.1) is 11.3 Å². The van der Waals surface area contributed by atoms with E-state index in [0.29, 0.717) is 143 Å². The third-order valence-corrected chi connectivity index (χ3v) is 12.3. The number of amides is 1. The van der Waals surface area contributed by atoms with Crippen LogP contribution in [0.1, 0.15) is 74.1 Å². The zero-order chi connectivity index (χ0) is 45.6. The summed E-state index contributed by atoms with van der Waals surface area (Å²) in [6.07, 6.45) is 12.5. The molecule has 5 rings (SSSR count). The molecule has 360 valence electrons. The number of likely N-dealkylation sites (tertiary alicyclic amines) is 1. The molecule has 1 amide bonds. The molecule has 5 heterocycles. The number of aromatic amines is 1. The van der Waals surface area contributed by atoms with Crippen molar-refractivity contribution < 1.29 is 42.7 Å². The van der Waals surface area contributed by atoms with Gasteiger partial charge in [0.15, 0.2) is 11.0 Å². The van der Waals surface area contributed by atoms with Crippen molar-refractivity contribution in [1.82, 2.24) is 35.1 Å². The second-order valence-electron chi connectivity index (χ2n) is 15.3. The average molecular weight is 943 g/mol. The molecule has 1 saturated heterocycles. The summed E-state index contributed by atoms with van der Waals surface area (Å²) in [5, 5.41) is 3.58. The van der Waals surface area contributed by atoms with E-state index in [0.717, 1.165) is 84.8 Å². The predicted octanol–water partition coefficient (Wildman–Crippen LogP) is 5.26. The molecule has 0 spiro atoms. The van der Waals surface area contributed by atoms with Crippen molar-refractivity contribution in [3.63, 3.8) is 0 Å². The second-order valence-corrected chi connectivity index (χ2v) is 17.2. The highest BCUT2D eigenvalue weighted by Gasteiger charge is 2.24. The minimum Gasteiger partial charge on any atom is -0.382 e. The fraction of sp³-hybridized carbons (Fsp3) is 0.674. The van der Waals surface area contributed by atoms with Crippen LogP contribution in [0.3, 0.4) is 0 Å². The van der Waals surface area contributed by atoms with Crippen LogP contribution in [0.15, 0.2) is 23.6 Å². The van der Waals surface area contributed by atoms with E-state index < -0.39 is 0 Å². The van der Waals surface area contributed by atoms with E-state index in [1.165, 1.54) is 21.3 Å². The van der Waals surface area contributed by atoms with Gasteiger partial charge in [0, 0.05) is 49.6 Å². The van der Waals surface area contributed by atoms with Gasteiger partial charge >= 0.3 is 0 Å². The van der Waals surface area contributed by atoms with Crippen molar-refractivity contribution >= 4 is 56.1 Å². The number of nitrogens with zero attached hydrogens (tertiary/aromatic N) is 5. The maximum absolute atomic E-state index is 12.0. The molecule has 4 aromatic rings. The number of H-pyrrole nitrogens is 1. The van der Waals surface area contributed by atoms with Crippen molar-refractivity contribution in [1.29, 1.82) is 0 Å². The van der Waals surface area contributed by atoms with Crippen LogP contribution in [0, 0.1) is 11.8 Å². The highest BCUT2D eigenvalue weighted by atomic mass is 32.2. The van der Waals surface area contributed by atoms with Gasteiger partial charge in [0.25, 0.3) is 0 Å². The Morgan fingerprint density at radius 1 is 0.831 bits per heavy atom. The maximum Gasteiger partial charge on any atom is 0.220 e. The van der Waals surface area contributed by atoms with Crippen LogP contribution in [-0.4, -0.2) is 174 Å². The van der Waals surface area contributed by atoms with Gasteiger partial charge in [-0.2, -0.15) is 0 Å². The molecule has 0 bridgehead atoms. The normalized spacial score (nSPS) is 13.5. The summed E-state index contributed by atoms with van der Waals surface area (Å²) in [7, 11) is 0. The fourth-order valence-corrected chi connectivity index (χ4v) is 8.48. The van der Waals surface area contributed by atoms with E-state index >= 15 is 0 Å². The number of aryl methyl sites for hydroxylation is 1. The first kappa shape index (κ1) is 52.4. The molecule has 0 aliphatic carbocycles. The smallest absolute Gasteiger partial charge is 0.220 e. The Hall–Kier alpha value is -3.52. The SMILES string of the molecule is CCCCc1nc2c(N)nc3cc(C4CCN(CCOCCOCCOCCOCCOCCOCCOCCOCCNC(=O)CCCC#Cc5cnc(SC)nc5)CC4)sc3c2[nH]1. The number of thioether (sulfide) groups is 1. The predicted molar refractivity (Wildman–Crippen MR) is 255 cm³/mol. The minimum atomic E-state index is -0.00842. The molecule has 19 heteroatoms. The topological polar surface area (TPSA) is 200 Å². The quantitative estimate of drug-likeness (QED) is 0.0233. The highest BCUT2D eigenvalue weighted by Crippen LogP contribution is 2.39. The number of hydrogen-bond donors (Lipinski definition) is 3. The molecular formula is C46H70N8O9S2. The Labute approximate surface area is 392 Å². The molecule has 1 aliphatic rings. The number of thiophene rings is 1. The molecule has 17 nitrogen and oxygen atoms in total. The molecule has 4 aromatic heterocycles. The lowest BCUT2D eigenvalue weighted by Crippen LogP contribution is -2.35. The van der Waals surface area contributed by atoms with E-state index in [2.05, 4.69) is 50.0 Å². The summed E-state index contributed by atoms with van der Waals surface area (Å²) >= 11 is 3.33. The van der Waals surface area contributed by atoms with Crippen LogP contribution in [0.4, 0.5) is 5.82 Å². The van der Waals surface area contributed by atoms with Gasteiger partial charge in [-0.1, -0.05) is 36.9 Å². The third-order valence-electron chi connectivity index (χ3n) is 10.4. The Kier molecular flexibility index (Phi) is 26.0. The third kappa shape index (κ3) is 20.5. The Morgan fingerprint density at radius 2 is 1.40 bits per heavy atom. The molecule has 4 N–H and O–H groups in total. The molecule has 65 heavy (non-hydrogen) atoms. The number of piperidine rings is 1. The summed E-state index contributed by atoms with van der Waals surface area (Å²) < 4.78 is 45.9. The summed E-state index contributed by atoms with van der Waals surface area (Å²) in [4.78, 5) is 37.2. The maximum atomic E-state index is 12.0. The number of nitrogens with two attached hydrogens (primary N) is 1. The summed E-state index contributed by atoms with van der Waals surface area (Å²) in [5.41, 5.74) is 9.90. The van der Waals surface area contributed by atoms with Gasteiger partial charge in [0.2, 0.25) is 5.91 Å². The number of nitrogen functional groups attached to an aromatic ring is 1. The largest absolute Gasteiger partial charge is 0.382 e. The van der Waals surface area contributed by atoms with E-state index in [1.807, 2.05) is 17.6 Å². The van der Waals surface area contributed by atoms with Crippen molar-refractivity contribution in [2.45, 2.75) is 69.4 Å². The fourth-order valence-electron chi connectivity index (χ4n) is 6.90. The van der Waals surface area contributed by atoms with Gasteiger partial charge in [-0.05, 0) is 57.0 Å². The summed E-state index contributed by atoms with van der Waals surface area (Å²) in [5.74, 6) is 8.12. The number of aromatic nitrogens is 5. The average Bonchev–Trinajstić information content (AvgIpc) is 3.96. The zero-order valence-electron chi connectivity index (χ0n) is 38.4. The molecule has 0 atom stereocenters. The second kappa shape index (κ2) is 32.2. The number of carbonyl (C=O) groups excluding carboxylic acids is 1. The summed E-state index contributed by atoms with van der Waals surface area (Å²) in [6, 6.07) is 2.24. The van der Waals surface area contributed by atoms with Gasteiger partial charge in [0.1, 0.15) is 11.3 Å². The molecule has 0 radical (unpaired) electrons. The van der Waals surface area contributed by atoms with Crippen LogP contribution in [-0.2, 0) is 49.1 Å². The molecule has 1 aliphatic heterocycles. The van der Waals surface area contributed by atoms with Crippen LogP contribution < -0.4 is 11.1 Å². The standard InChI is InChI=1S/C46H70N8O9S2/c1-3-4-9-40-52-42-43(53-40)45(47)51-38-33-39(65-44(38)42)37-11-14-54(15-12-37)16-18-57-20-22-59-24-26-61-28-30-63-32-31-62-29-27-60-25-23-58-21-19-56-17-13-48-41(55)10-7-5-6-8-36-34-49-46(64-2)50-35-36/h33-35,37H,3-5,7,9-32H2,1-2H3,(H2,47,51)(H,48,55)(H,52,53). The first-order valence-corrected chi connectivity index (χ1v) is 25.1. The molecule has 0 aromatic carbocycles. The van der Waals surface area contributed by atoms with Gasteiger partial charge in [-0.3, -0.25) is 4.79 Å². The lowest BCUT2D eigenvalue weighted by atomic mass is 9.95. The van der Waals surface area contributed by atoms with E-state index in [9.17, 15) is 4.79 Å². The lowest BCUT2D eigenvalue weighted by molar-refractivity contribution is -0.121. The van der Waals surface area contributed by atoms with Crippen LogP contribution >= 0.6 is 23.1 Å². The van der Waals surface area contributed by atoms with Crippen LogP contribution in [0.2, 0.25) is 0 Å². The number of anilines is 1. The van der Waals surface area contributed by atoms with E-state index in [4.69, 9.17) is 53.6 Å². The minimum absolute atomic E-state index is 0.00842. The van der Waals surface area contributed by atoms with Gasteiger partial charge in [-0.25, -0.2) is 19.9 Å². The highest BCUT2D eigenvalue weighted by molar-refractivity contribution is 7.98. The Morgan fingerprint density at radius 3 is 1.97 bits per heavy atom. The van der Waals surface area contributed by atoms with Crippen LogP contribution in [0.25, 0.3) is 21.3 Å². The molecule has 0 unspecified atom stereocenters. The number of unbranched alkanes of at least 4 members (excludes halogenated alkanes) is 2. The number of fused-ring (bicyclic) bond motifs is 3. The summed E-state index contributed by atoms with van der Waals surface area (Å²) in [6.45, 7) is 13.9. The van der Waals surface area contributed by atoms with Gasteiger partial charge in [0.05, 0.1) is 127 Å². The number of hydrogen-bond acceptors (Lipinski definition) is 17. The lowest BCUT2D eigenvalue weighted by Gasteiger charge is -2.31. The van der Waals surface area contributed by atoms with Crippen LogP contribution in [0.5, 0.6) is 0 Å². The first-order chi connectivity index (χ1) is 32.0. The Bertz CT molecular complexity index is 1970. The number of carbonyl (C=O) groups is 1. The van der Waals surface area contributed by atoms with E-state index in [-0.39, 0.29) is 5.91 Å². The zero-order valence-corrected chi connectivity index (χ0v) is 40.0. The molecule has 1 fully saturated rings. The van der Waals surface area contributed by atoms with Crippen molar-refractivity contribution in [3.8, 4) is 11.8 Å². The monoisotopic (exact) mass is 942 g/mol. The van der Waals surface area contributed by atoms with Gasteiger partial charge < -0.3 is 58.8 Å². The number of pyridine rings is 1. The number of rotatable bonds is 35. The number of nitrogens with one attached hydrogen (secondary N) is 2. The molecule has 0 saturated carbocycles. The first-order valence-electron chi connectivity index (χ1n) is 23.1. The molecular weight excluding hydrogens is 873 g/mol. The van der Waals surface area contributed by atoms with E-state index in [1.54, 1.807) is 12.4 Å². The Balaban J connectivity index is 0.710. The number of ether oxygens (including phenoxy) is 8. The van der Waals surface area contributed by atoms with Crippen molar-refractivity contribution in [3.05, 3.63) is 34.7 Å². The van der Waals surface area contributed by atoms with Crippen molar-refractivity contribution in [2.24, 2.45) is 0 Å². The number of imidazole rings is 1.